The van der Waals surface area contributed by atoms with Crippen LogP contribution in [0.2, 0.25) is 5.02 Å². The van der Waals surface area contributed by atoms with Crippen LogP contribution in [0.15, 0.2) is 29.2 Å². The summed E-state index contributed by atoms with van der Waals surface area (Å²) in [6.45, 7) is 0. The lowest BCUT2D eigenvalue weighted by Crippen LogP contribution is -1.89. The zero-order valence-electron chi connectivity index (χ0n) is 5.29. The zero-order chi connectivity index (χ0) is 8.48. The summed E-state index contributed by atoms with van der Waals surface area (Å²) in [5.41, 5.74) is 0. The van der Waals surface area contributed by atoms with Crippen molar-refractivity contribution in [2.24, 2.45) is 0 Å². The van der Waals surface area contributed by atoms with Crippen LogP contribution in [-0.4, -0.2) is 8.42 Å². The standard InChI is InChI=1S/C6H4ClFO2S/c7-5-1-3-6(4-2-5)11(8,9)10/h1-4H. The third-order valence-electron chi connectivity index (χ3n) is 1.10. The van der Waals surface area contributed by atoms with E-state index in [4.69, 9.17) is 11.6 Å². The van der Waals surface area contributed by atoms with Crippen LogP contribution >= 0.6 is 11.6 Å². The molecule has 0 fully saturated rings. The molecule has 0 N–H and O–H groups in total. The molecule has 0 saturated carbocycles. The van der Waals surface area contributed by atoms with Crippen LogP contribution in [0, 0.1) is 0 Å². The van der Waals surface area contributed by atoms with Crippen LogP contribution in [-0.2, 0) is 10.2 Å². The van der Waals surface area contributed by atoms with Gasteiger partial charge in [0.05, 0.1) is 4.90 Å². The van der Waals surface area contributed by atoms with E-state index in [0.717, 1.165) is 12.1 Å². The van der Waals surface area contributed by atoms with E-state index in [2.05, 4.69) is 0 Å². The maximum atomic E-state index is 12.2. The van der Waals surface area contributed by atoms with Crippen LogP contribution in [0.25, 0.3) is 0 Å². The highest BCUT2D eigenvalue weighted by atomic mass is 35.5. The van der Waals surface area contributed by atoms with Gasteiger partial charge < -0.3 is 0 Å². The van der Waals surface area contributed by atoms with Crippen LogP contribution in [0.1, 0.15) is 0 Å². The topological polar surface area (TPSA) is 34.1 Å². The summed E-state index contributed by atoms with van der Waals surface area (Å²) in [4.78, 5) is -0.373. The molecule has 1 aromatic carbocycles. The molecule has 0 aromatic heterocycles. The van der Waals surface area contributed by atoms with Crippen LogP contribution in [0.4, 0.5) is 3.89 Å². The van der Waals surface area contributed by atoms with Gasteiger partial charge in [-0.25, -0.2) is 0 Å². The second-order valence-electron chi connectivity index (χ2n) is 1.89. The molecule has 0 saturated heterocycles. The van der Waals surface area contributed by atoms with Crippen LogP contribution < -0.4 is 0 Å². The Labute approximate surface area is 68.8 Å². The number of hydrogen-bond donors (Lipinski definition) is 0. The van der Waals surface area contributed by atoms with E-state index in [1.165, 1.54) is 12.1 Å². The summed E-state index contributed by atoms with van der Waals surface area (Å²) < 4.78 is 32.7. The Morgan fingerprint density at radius 3 is 2.00 bits per heavy atom. The van der Waals surface area contributed by atoms with Gasteiger partial charge in [0.25, 0.3) is 0 Å². The van der Waals surface area contributed by atoms with Gasteiger partial charge in [-0.1, -0.05) is 11.6 Å². The quantitative estimate of drug-likeness (QED) is 0.641. The Balaban J connectivity index is 3.20. The van der Waals surface area contributed by atoms with Crippen LogP contribution in [0.3, 0.4) is 0 Å². The lowest BCUT2D eigenvalue weighted by atomic mass is 10.4. The molecule has 60 valence electrons. The van der Waals surface area contributed by atoms with Gasteiger partial charge in [-0.05, 0) is 24.3 Å². The molecule has 0 unspecified atom stereocenters. The Kier molecular flexibility index (Phi) is 2.15. The average Bonchev–Trinajstić information content (AvgIpc) is 1.86. The number of halogens is 2. The van der Waals surface area contributed by atoms with Crippen molar-refractivity contribution in [2.45, 2.75) is 4.90 Å². The van der Waals surface area contributed by atoms with Crippen molar-refractivity contribution in [2.75, 3.05) is 0 Å². The van der Waals surface area contributed by atoms with Crippen molar-refractivity contribution < 1.29 is 12.3 Å². The summed E-state index contributed by atoms with van der Waals surface area (Å²) in [5, 5.41) is 0.373. The molecular formula is C6H4ClFO2S. The molecular weight excluding hydrogens is 191 g/mol. The molecule has 0 spiro atoms. The first kappa shape index (κ1) is 8.49. The summed E-state index contributed by atoms with van der Waals surface area (Å²) >= 11 is 5.44. The van der Waals surface area contributed by atoms with Crippen molar-refractivity contribution in [1.82, 2.24) is 0 Å². The SMILES string of the molecule is O=S(=O)(F)c1ccc(Cl)cc1. The van der Waals surface area contributed by atoms with Crippen molar-refractivity contribution in [1.29, 1.82) is 0 Å². The van der Waals surface area contributed by atoms with Gasteiger partial charge in [0.2, 0.25) is 0 Å². The fraction of sp³-hybridized carbons (Fsp3) is 0. The molecule has 1 rings (SSSR count). The molecule has 0 atom stereocenters. The Bertz CT molecular complexity index is 343. The van der Waals surface area contributed by atoms with Gasteiger partial charge in [0.1, 0.15) is 0 Å². The molecule has 0 aliphatic carbocycles. The minimum atomic E-state index is -4.58. The van der Waals surface area contributed by atoms with Gasteiger partial charge in [-0.2, -0.15) is 8.42 Å². The minimum absolute atomic E-state index is 0.373. The van der Waals surface area contributed by atoms with Crippen LogP contribution in [0.5, 0.6) is 0 Å². The predicted molar refractivity (Wildman–Crippen MR) is 39.7 cm³/mol. The normalized spacial score (nSPS) is 11.5. The Morgan fingerprint density at radius 1 is 1.18 bits per heavy atom. The fourth-order valence-electron chi connectivity index (χ4n) is 0.597. The third-order valence-corrected chi connectivity index (χ3v) is 2.18. The highest BCUT2D eigenvalue weighted by Crippen LogP contribution is 2.15. The summed E-state index contributed by atoms with van der Waals surface area (Å²) in [5.74, 6) is 0. The number of hydrogen-bond acceptors (Lipinski definition) is 2. The monoisotopic (exact) mass is 194 g/mol. The maximum Gasteiger partial charge on any atom is 0.332 e. The first-order chi connectivity index (χ1) is 5.00. The lowest BCUT2D eigenvalue weighted by molar-refractivity contribution is 0.552. The van der Waals surface area contributed by atoms with Crippen molar-refractivity contribution in [3.8, 4) is 0 Å². The van der Waals surface area contributed by atoms with Gasteiger partial charge in [0, 0.05) is 5.02 Å². The van der Waals surface area contributed by atoms with Crippen molar-refractivity contribution in [3.05, 3.63) is 29.3 Å². The van der Waals surface area contributed by atoms with Gasteiger partial charge >= 0.3 is 10.2 Å². The number of benzene rings is 1. The number of rotatable bonds is 1. The molecule has 2 nitrogen and oxygen atoms in total. The Morgan fingerprint density at radius 2 is 1.64 bits per heavy atom. The van der Waals surface area contributed by atoms with Crippen molar-refractivity contribution >= 4 is 21.8 Å². The van der Waals surface area contributed by atoms with Gasteiger partial charge in [0.15, 0.2) is 0 Å². The van der Waals surface area contributed by atoms with E-state index in [0.29, 0.717) is 5.02 Å². The fourth-order valence-corrected chi connectivity index (χ4v) is 1.18. The third kappa shape index (κ3) is 2.17. The molecule has 0 aliphatic rings. The first-order valence-corrected chi connectivity index (χ1v) is 4.46. The molecule has 0 amide bonds. The molecule has 0 bridgehead atoms. The smallest absolute Gasteiger partial charge is 0.189 e. The second-order valence-corrected chi connectivity index (χ2v) is 3.68. The van der Waals surface area contributed by atoms with E-state index in [1.54, 1.807) is 0 Å². The predicted octanol–water partition coefficient (Wildman–Crippen LogP) is 2.00. The molecule has 1 aromatic rings. The molecule has 0 radical (unpaired) electrons. The van der Waals surface area contributed by atoms with E-state index in [-0.39, 0.29) is 4.90 Å². The zero-order valence-corrected chi connectivity index (χ0v) is 6.86. The van der Waals surface area contributed by atoms with Gasteiger partial charge in [-0.15, -0.1) is 3.89 Å². The Hall–Kier alpha value is -0.610. The van der Waals surface area contributed by atoms with E-state index in [9.17, 15) is 12.3 Å². The average molecular weight is 195 g/mol. The minimum Gasteiger partial charge on any atom is -0.189 e. The highest BCUT2D eigenvalue weighted by Gasteiger charge is 2.09. The van der Waals surface area contributed by atoms with E-state index < -0.39 is 10.2 Å². The molecule has 0 heterocycles. The van der Waals surface area contributed by atoms with E-state index in [1.807, 2.05) is 0 Å². The van der Waals surface area contributed by atoms with Gasteiger partial charge in [-0.3, -0.25) is 0 Å². The maximum absolute atomic E-state index is 12.2. The van der Waals surface area contributed by atoms with Crippen molar-refractivity contribution in [3.63, 3.8) is 0 Å². The van der Waals surface area contributed by atoms with E-state index >= 15 is 0 Å². The summed E-state index contributed by atoms with van der Waals surface area (Å²) in [6.07, 6.45) is 0. The largest absolute Gasteiger partial charge is 0.332 e. The molecule has 11 heavy (non-hydrogen) atoms. The molecule has 5 heteroatoms. The summed E-state index contributed by atoms with van der Waals surface area (Å²) in [7, 11) is -4.58. The molecule has 0 aliphatic heterocycles. The second kappa shape index (κ2) is 2.79. The lowest BCUT2D eigenvalue weighted by Gasteiger charge is -1.92. The highest BCUT2D eigenvalue weighted by molar-refractivity contribution is 7.86. The first-order valence-electron chi connectivity index (χ1n) is 2.70. The summed E-state index contributed by atoms with van der Waals surface area (Å²) in [6, 6.07) is 4.84.